The number of aliphatic carboxylic acids is 1. The Balaban J connectivity index is 2.27. The molecule has 1 saturated carbocycles. The summed E-state index contributed by atoms with van der Waals surface area (Å²) in [4.78, 5) is 15.7. The first-order chi connectivity index (χ1) is 9.07. The third kappa shape index (κ3) is 2.68. The van der Waals surface area contributed by atoms with Crippen LogP contribution < -0.4 is 5.32 Å². The van der Waals surface area contributed by atoms with Crippen LogP contribution in [0, 0.1) is 17.2 Å². The van der Waals surface area contributed by atoms with E-state index in [0.717, 1.165) is 12.8 Å². The normalized spacial score (nSPS) is 26.4. The monoisotopic (exact) mass is 259 g/mol. The Hall–Kier alpha value is -2.09. The van der Waals surface area contributed by atoms with Crippen molar-refractivity contribution in [2.45, 2.75) is 38.1 Å². The summed E-state index contributed by atoms with van der Waals surface area (Å²) in [6.07, 6.45) is 4.42. The number of nitrogens with zero attached hydrogens (tertiary/aromatic N) is 2. The molecular weight excluding hydrogens is 242 g/mol. The minimum absolute atomic E-state index is 0.363. The van der Waals surface area contributed by atoms with E-state index in [1.165, 1.54) is 0 Å². The lowest BCUT2D eigenvalue weighted by Crippen LogP contribution is -2.49. The Bertz CT molecular complexity index is 514. The average Bonchev–Trinajstić information content (AvgIpc) is 2.42. The number of nitrogens with one attached hydrogen (secondary N) is 1. The first-order valence-corrected chi connectivity index (χ1v) is 6.44. The highest BCUT2D eigenvalue weighted by molar-refractivity contribution is 5.83. The molecule has 19 heavy (non-hydrogen) atoms. The molecule has 2 N–H and O–H groups in total. The van der Waals surface area contributed by atoms with Crippen molar-refractivity contribution in [2.24, 2.45) is 5.92 Å². The van der Waals surface area contributed by atoms with Gasteiger partial charge in [0.15, 0.2) is 0 Å². The fraction of sp³-hybridized carbons (Fsp3) is 0.500. The Labute approximate surface area is 112 Å². The number of nitriles is 1. The molecule has 0 unspecified atom stereocenters. The minimum atomic E-state index is -0.994. The number of pyridine rings is 1. The number of carboxylic acid groups (broad SMARTS) is 1. The van der Waals surface area contributed by atoms with Crippen molar-refractivity contribution < 1.29 is 9.90 Å². The lowest BCUT2D eigenvalue weighted by molar-refractivity contribution is -0.143. The number of carboxylic acids is 1. The molecule has 5 heteroatoms. The van der Waals surface area contributed by atoms with Crippen LogP contribution in [-0.2, 0) is 4.79 Å². The molecule has 1 aromatic heterocycles. The number of anilines is 1. The van der Waals surface area contributed by atoms with E-state index in [9.17, 15) is 9.90 Å². The van der Waals surface area contributed by atoms with Gasteiger partial charge in [0.1, 0.15) is 17.4 Å². The molecule has 0 amide bonds. The topological polar surface area (TPSA) is 86.0 Å². The second-order valence-electron chi connectivity index (χ2n) is 5.21. The lowest BCUT2D eigenvalue weighted by Gasteiger charge is -2.36. The van der Waals surface area contributed by atoms with Crippen molar-refractivity contribution in [3.63, 3.8) is 0 Å². The van der Waals surface area contributed by atoms with Gasteiger partial charge in [-0.25, -0.2) is 9.78 Å². The largest absolute Gasteiger partial charge is 0.480 e. The van der Waals surface area contributed by atoms with Crippen LogP contribution in [0.1, 0.15) is 38.2 Å². The van der Waals surface area contributed by atoms with Gasteiger partial charge in [-0.1, -0.05) is 6.92 Å². The van der Waals surface area contributed by atoms with Gasteiger partial charge in [0.2, 0.25) is 0 Å². The van der Waals surface area contributed by atoms with Crippen LogP contribution in [0.15, 0.2) is 18.3 Å². The second-order valence-corrected chi connectivity index (χ2v) is 5.21. The van der Waals surface area contributed by atoms with E-state index in [0.29, 0.717) is 30.1 Å². The van der Waals surface area contributed by atoms with Gasteiger partial charge in [0.25, 0.3) is 0 Å². The van der Waals surface area contributed by atoms with Crippen LogP contribution in [0.25, 0.3) is 0 Å². The smallest absolute Gasteiger partial charge is 0.329 e. The fourth-order valence-electron chi connectivity index (χ4n) is 2.47. The number of carbonyl (C=O) groups is 1. The highest BCUT2D eigenvalue weighted by Crippen LogP contribution is 2.35. The van der Waals surface area contributed by atoms with Gasteiger partial charge in [-0.05, 0) is 43.7 Å². The van der Waals surface area contributed by atoms with Gasteiger partial charge in [-0.3, -0.25) is 0 Å². The zero-order chi connectivity index (χ0) is 13.9. The van der Waals surface area contributed by atoms with Crippen LogP contribution in [0.2, 0.25) is 0 Å². The van der Waals surface area contributed by atoms with E-state index in [1.807, 2.05) is 6.07 Å². The van der Waals surface area contributed by atoms with Gasteiger partial charge < -0.3 is 10.4 Å². The maximum absolute atomic E-state index is 11.6. The van der Waals surface area contributed by atoms with E-state index in [1.54, 1.807) is 18.3 Å². The maximum atomic E-state index is 11.6. The van der Waals surface area contributed by atoms with Crippen molar-refractivity contribution >= 4 is 11.8 Å². The molecule has 0 aliphatic heterocycles. The minimum Gasteiger partial charge on any atom is -0.480 e. The molecule has 5 nitrogen and oxygen atoms in total. The molecule has 0 spiro atoms. The van der Waals surface area contributed by atoms with Gasteiger partial charge in [-0.2, -0.15) is 5.26 Å². The molecule has 1 heterocycles. The van der Waals surface area contributed by atoms with E-state index < -0.39 is 11.5 Å². The van der Waals surface area contributed by atoms with E-state index >= 15 is 0 Å². The second kappa shape index (κ2) is 5.27. The maximum Gasteiger partial charge on any atom is 0.329 e. The van der Waals surface area contributed by atoms with E-state index in [-0.39, 0.29) is 0 Å². The Morgan fingerprint density at radius 2 is 2.26 bits per heavy atom. The van der Waals surface area contributed by atoms with Crippen molar-refractivity contribution in [2.75, 3.05) is 5.32 Å². The summed E-state index contributed by atoms with van der Waals surface area (Å²) < 4.78 is 0. The van der Waals surface area contributed by atoms with Gasteiger partial charge in [-0.15, -0.1) is 0 Å². The quantitative estimate of drug-likeness (QED) is 0.870. The van der Waals surface area contributed by atoms with Crippen molar-refractivity contribution in [1.82, 2.24) is 4.98 Å². The van der Waals surface area contributed by atoms with Crippen molar-refractivity contribution in [3.05, 3.63) is 23.9 Å². The number of hydrogen-bond acceptors (Lipinski definition) is 4. The van der Waals surface area contributed by atoms with Crippen LogP contribution in [0.4, 0.5) is 5.82 Å². The number of aromatic nitrogens is 1. The molecule has 1 aromatic rings. The number of hydrogen-bond donors (Lipinski definition) is 2. The summed E-state index contributed by atoms with van der Waals surface area (Å²) in [5, 5.41) is 21.6. The summed E-state index contributed by atoms with van der Waals surface area (Å²) in [5.41, 5.74) is -0.617. The first kappa shape index (κ1) is 13.3. The highest BCUT2D eigenvalue weighted by atomic mass is 16.4. The van der Waals surface area contributed by atoms with Crippen molar-refractivity contribution in [1.29, 1.82) is 5.26 Å². The molecule has 1 fully saturated rings. The third-order valence-corrected chi connectivity index (χ3v) is 3.82. The summed E-state index contributed by atoms with van der Waals surface area (Å²) >= 11 is 0. The molecule has 0 bridgehead atoms. The highest BCUT2D eigenvalue weighted by Gasteiger charge is 2.41. The molecule has 0 aromatic carbocycles. The van der Waals surface area contributed by atoms with Crippen LogP contribution in [0.5, 0.6) is 0 Å². The van der Waals surface area contributed by atoms with Gasteiger partial charge >= 0.3 is 5.97 Å². The zero-order valence-electron chi connectivity index (χ0n) is 10.9. The molecular formula is C14H17N3O2. The van der Waals surface area contributed by atoms with Gasteiger partial charge in [0.05, 0.1) is 5.56 Å². The summed E-state index contributed by atoms with van der Waals surface area (Å²) in [5.74, 6) is 0.0457. The number of rotatable bonds is 3. The molecule has 0 atom stereocenters. The summed E-state index contributed by atoms with van der Waals surface area (Å²) in [6.45, 7) is 2.13. The van der Waals surface area contributed by atoms with Crippen LogP contribution >= 0.6 is 0 Å². The zero-order valence-corrected chi connectivity index (χ0v) is 10.9. The molecule has 2 rings (SSSR count). The Kier molecular flexibility index (Phi) is 3.70. The third-order valence-electron chi connectivity index (χ3n) is 3.82. The average molecular weight is 259 g/mol. The van der Waals surface area contributed by atoms with Crippen molar-refractivity contribution in [3.8, 4) is 6.07 Å². The molecule has 100 valence electrons. The van der Waals surface area contributed by atoms with Crippen LogP contribution in [-0.4, -0.2) is 21.6 Å². The predicted molar refractivity (Wildman–Crippen MR) is 70.6 cm³/mol. The Morgan fingerprint density at radius 3 is 2.84 bits per heavy atom. The molecule has 0 saturated heterocycles. The summed E-state index contributed by atoms with van der Waals surface area (Å²) in [6, 6.07) is 5.33. The van der Waals surface area contributed by atoms with E-state index in [2.05, 4.69) is 17.2 Å². The molecule has 0 radical (unpaired) electrons. The predicted octanol–water partition coefficient (Wildman–Crippen LogP) is 2.40. The van der Waals surface area contributed by atoms with Crippen LogP contribution in [0.3, 0.4) is 0 Å². The SMILES string of the molecule is CC1CCC(Nc2ncccc2C#N)(C(=O)O)CC1. The molecule has 1 aliphatic carbocycles. The fourth-order valence-corrected chi connectivity index (χ4v) is 2.47. The Morgan fingerprint density at radius 1 is 1.58 bits per heavy atom. The summed E-state index contributed by atoms with van der Waals surface area (Å²) in [7, 11) is 0. The molecule has 1 aliphatic rings. The lowest BCUT2D eigenvalue weighted by atomic mass is 9.77. The van der Waals surface area contributed by atoms with Gasteiger partial charge in [0, 0.05) is 6.20 Å². The first-order valence-electron chi connectivity index (χ1n) is 6.44. The standard InChI is InChI=1S/C14H17N3O2/c1-10-4-6-14(7-5-10,13(18)19)17-12-11(9-15)3-2-8-16-12/h2-3,8,10H,4-7H2,1H3,(H,16,17)(H,18,19). The van der Waals surface area contributed by atoms with E-state index in [4.69, 9.17) is 5.26 Å².